The molecule has 1 aromatic heterocycles. The summed E-state index contributed by atoms with van der Waals surface area (Å²) < 4.78 is 10.5. The highest BCUT2D eigenvalue weighted by atomic mass is 16.5. The lowest BCUT2D eigenvalue weighted by Gasteiger charge is -2.07. The van der Waals surface area contributed by atoms with Crippen LogP contribution in [0.5, 0.6) is 5.88 Å². The van der Waals surface area contributed by atoms with E-state index in [4.69, 9.17) is 15.2 Å². The molecule has 0 spiro atoms. The largest absolute Gasteiger partial charge is 0.476 e. The fourth-order valence-electron chi connectivity index (χ4n) is 1.21. The molecular formula is C11H20N4O2. The Bertz CT molecular complexity index is 309. The van der Waals surface area contributed by atoms with Gasteiger partial charge in [0.15, 0.2) is 0 Å². The van der Waals surface area contributed by atoms with E-state index < -0.39 is 0 Å². The molecule has 1 rings (SSSR count). The van der Waals surface area contributed by atoms with Crippen LogP contribution in [0.1, 0.15) is 13.3 Å². The van der Waals surface area contributed by atoms with Crippen molar-refractivity contribution in [2.75, 3.05) is 38.2 Å². The van der Waals surface area contributed by atoms with Gasteiger partial charge in [-0.3, -0.25) is 0 Å². The number of nitrogens with one attached hydrogen (secondary N) is 1. The molecule has 0 aliphatic carbocycles. The molecule has 17 heavy (non-hydrogen) atoms. The molecule has 0 atom stereocenters. The van der Waals surface area contributed by atoms with Gasteiger partial charge in [0.2, 0.25) is 5.88 Å². The highest BCUT2D eigenvalue weighted by molar-refractivity contribution is 5.36. The smallest absolute Gasteiger partial charge is 0.218 e. The minimum absolute atomic E-state index is 0.459. The molecular weight excluding hydrogens is 220 g/mol. The summed E-state index contributed by atoms with van der Waals surface area (Å²) in [5, 5.41) is 3.18. The Morgan fingerprint density at radius 3 is 3.00 bits per heavy atom. The molecule has 0 unspecified atom stereocenters. The van der Waals surface area contributed by atoms with Crippen molar-refractivity contribution in [1.82, 2.24) is 9.97 Å². The van der Waals surface area contributed by atoms with Gasteiger partial charge in [-0.2, -0.15) is 0 Å². The molecule has 0 bridgehead atoms. The summed E-state index contributed by atoms with van der Waals surface area (Å²) in [6, 6.07) is 1.76. The first-order valence-corrected chi connectivity index (χ1v) is 5.83. The molecule has 96 valence electrons. The first-order chi connectivity index (χ1) is 8.36. The van der Waals surface area contributed by atoms with Gasteiger partial charge in [0.25, 0.3) is 0 Å². The monoisotopic (exact) mass is 240 g/mol. The topological polar surface area (TPSA) is 82.3 Å². The number of hydrogen-bond acceptors (Lipinski definition) is 6. The standard InChI is InChI=1S/C11H20N4O2/c1-2-16-6-3-5-13-10-8-11(15-9-14-10)17-7-4-12/h8-9H,2-7,12H2,1H3,(H,13,14,15). The van der Waals surface area contributed by atoms with Gasteiger partial charge in [-0.05, 0) is 13.3 Å². The summed E-state index contributed by atoms with van der Waals surface area (Å²) in [4.78, 5) is 8.07. The molecule has 0 fully saturated rings. The highest BCUT2D eigenvalue weighted by Gasteiger charge is 1.98. The van der Waals surface area contributed by atoms with Crippen LogP contribution in [0, 0.1) is 0 Å². The van der Waals surface area contributed by atoms with E-state index in [1.54, 1.807) is 6.07 Å². The van der Waals surface area contributed by atoms with Gasteiger partial charge in [-0.1, -0.05) is 0 Å². The van der Waals surface area contributed by atoms with Crippen molar-refractivity contribution in [1.29, 1.82) is 0 Å². The van der Waals surface area contributed by atoms with Gasteiger partial charge >= 0.3 is 0 Å². The third-order valence-electron chi connectivity index (χ3n) is 1.99. The van der Waals surface area contributed by atoms with Crippen molar-refractivity contribution in [3.8, 4) is 5.88 Å². The minimum Gasteiger partial charge on any atom is -0.476 e. The highest BCUT2D eigenvalue weighted by Crippen LogP contribution is 2.10. The Morgan fingerprint density at radius 1 is 1.35 bits per heavy atom. The van der Waals surface area contributed by atoms with Crippen LogP contribution in [0.4, 0.5) is 5.82 Å². The van der Waals surface area contributed by atoms with E-state index in [0.29, 0.717) is 19.0 Å². The molecule has 0 saturated carbocycles. The zero-order valence-electron chi connectivity index (χ0n) is 10.2. The van der Waals surface area contributed by atoms with Crippen LogP contribution in [0.15, 0.2) is 12.4 Å². The SMILES string of the molecule is CCOCCCNc1cc(OCCN)ncn1. The number of aromatic nitrogens is 2. The van der Waals surface area contributed by atoms with Gasteiger partial charge in [0.05, 0.1) is 0 Å². The second-order valence-corrected chi connectivity index (χ2v) is 3.36. The predicted octanol–water partition coefficient (Wildman–Crippen LogP) is 0.653. The zero-order chi connectivity index (χ0) is 12.3. The van der Waals surface area contributed by atoms with E-state index in [2.05, 4.69) is 15.3 Å². The summed E-state index contributed by atoms with van der Waals surface area (Å²) in [5.74, 6) is 1.29. The van der Waals surface area contributed by atoms with Crippen LogP contribution in [0.25, 0.3) is 0 Å². The maximum atomic E-state index is 5.34. The van der Waals surface area contributed by atoms with Crippen molar-refractivity contribution < 1.29 is 9.47 Å². The van der Waals surface area contributed by atoms with Crippen LogP contribution in [0.3, 0.4) is 0 Å². The normalized spacial score (nSPS) is 10.2. The summed E-state index contributed by atoms with van der Waals surface area (Å²) in [6.45, 7) is 5.24. The van der Waals surface area contributed by atoms with E-state index in [-0.39, 0.29) is 0 Å². The van der Waals surface area contributed by atoms with Crippen LogP contribution >= 0.6 is 0 Å². The fourth-order valence-corrected chi connectivity index (χ4v) is 1.21. The molecule has 3 N–H and O–H groups in total. The Labute approximate surface area is 102 Å². The van der Waals surface area contributed by atoms with Crippen molar-refractivity contribution in [2.24, 2.45) is 5.73 Å². The molecule has 6 heteroatoms. The molecule has 0 aromatic carbocycles. The second-order valence-electron chi connectivity index (χ2n) is 3.36. The van der Waals surface area contributed by atoms with Gasteiger partial charge < -0.3 is 20.5 Å². The average Bonchev–Trinajstić information content (AvgIpc) is 2.37. The second kappa shape index (κ2) is 8.72. The lowest BCUT2D eigenvalue weighted by atomic mass is 10.4. The van der Waals surface area contributed by atoms with E-state index in [9.17, 15) is 0 Å². The summed E-state index contributed by atoms with van der Waals surface area (Å²) in [6.07, 6.45) is 2.41. The number of hydrogen-bond donors (Lipinski definition) is 2. The molecule has 6 nitrogen and oxygen atoms in total. The van der Waals surface area contributed by atoms with Crippen molar-refractivity contribution in [2.45, 2.75) is 13.3 Å². The van der Waals surface area contributed by atoms with E-state index >= 15 is 0 Å². The predicted molar refractivity (Wildman–Crippen MR) is 66.2 cm³/mol. The summed E-state index contributed by atoms with van der Waals surface area (Å²) in [7, 11) is 0. The third kappa shape index (κ3) is 6.03. The molecule has 1 heterocycles. The lowest BCUT2D eigenvalue weighted by Crippen LogP contribution is -2.12. The zero-order valence-corrected chi connectivity index (χ0v) is 10.2. The Hall–Kier alpha value is -1.40. The van der Waals surface area contributed by atoms with Crippen LogP contribution in [0.2, 0.25) is 0 Å². The van der Waals surface area contributed by atoms with Gasteiger partial charge in [-0.25, -0.2) is 9.97 Å². The first-order valence-electron chi connectivity index (χ1n) is 5.83. The number of rotatable bonds is 9. The Kier molecular flexibility index (Phi) is 7.01. The van der Waals surface area contributed by atoms with Gasteiger partial charge in [0.1, 0.15) is 18.8 Å². The molecule has 0 radical (unpaired) electrons. The van der Waals surface area contributed by atoms with E-state index in [1.807, 2.05) is 6.92 Å². The maximum absolute atomic E-state index is 5.34. The summed E-state index contributed by atoms with van der Waals surface area (Å²) >= 11 is 0. The maximum Gasteiger partial charge on any atom is 0.218 e. The fraction of sp³-hybridized carbons (Fsp3) is 0.636. The van der Waals surface area contributed by atoms with Crippen molar-refractivity contribution >= 4 is 5.82 Å². The number of nitrogens with two attached hydrogens (primary N) is 1. The van der Waals surface area contributed by atoms with E-state index in [1.165, 1.54) is 6.33 Å². The first kappa shape index (κ1) is 13.7. The third-order valence-corrected chi connectivity index (χ3v) is 1.99. The minimum atomic E-state index is 0.459. The van der Waals surface area contributed by atoms with Gasteiger partial charge in [0, 0.05) is 32.4 Å². The quantitative estimate of drug-likeness (QED) is 0.617. The number of ether oxygens (including phenoxy) is 2. The number of nitrogens with zero attached hydrogens (tertiary/aromatic N) is 2. The molecule has 1 aromatic rings. The van der Waals surface area contributed by atoms with Crippen molar-refractivity contribution in [3.63, 3.8) is 0 Å². The lowest BCUT2D eigenvalue weighted by molar-refractivity contribution is 0.147. The molecule has 0 aliphatic heterocycles. The molecule has 0 amide bonds. The van der Waals surface area contributed by atoms with Crippen LogP contribution in [-0.2, 0) is 4.74 Å². The van der Waals surface area contributed by atoms with Crippen molar-refractivity contribution in [3.05, 3.63) is 12.4 Å². The molecule has 0 aliphatic rings. The van der Waals surface area contributed by atoms with Crippen LogP contribution < -0.4 is 15.8 Å². The average molecular weight is 240 g/mol. The summed E-state index contributed by atoms with van der Waals surface area (Å²) in [5.41, 5.74) is 5.34. The van der Waals surface area contributed by atoms with Gasteiger partial charge in [-0.15, -0.1) is 0 Å². The van der Waals surface area contributed by atoms with Crippen LogP contribution in [-0.4, -0.2) is 42.9 Å². The van der Waals surface area contributed by atoms with E-state index in [0.717, 1.165) is 32.0 Å². The Balaban J connectivity index is 2.27. The number of anilines is 1. The Morgan fingerprint density at radius 2 is 2.24 bits per heavy atom. The molecule has 0 saturated heterocycles.